The van der Waals surface area contributed by atoms with Crippen LogP contribution in [-0.2, 0) is 9.16 Å². The van der Waals surface area contributed by atoms with E-state index in [2.05, 4.69) is 0 Å². The van der Waals surface area contributed by atoms with Gasteiger partial charge in [0, 0.05) is 19.1 Å². The summed E-state index contributed by atoms with van der Waals surface area (Å²) in [5.74, 6) is -9.91. The zero-order valence-electron chi connectivity index (χ0n) is 16.0. The van der Waals surface area contributed by atoms with Crippen LogP contribution in [-0.4, -0.2) is 39.4 Å². The molecule has 0 saturated heterocycles. The van der Waals surface area contributed by atoms with Crippen molar-refractivity contribution in [3.63, 3.8) is 0 Å². The van der Waals surface area contributed by atoms with E-state index in [1.54, 1.807) is 25.7 Å². The van der Waals surface area contributed by atoms with Crippen molar-refractivity contribution in [1.29, 1.82) is 0 Å². The lowest BCUT2D eigenvalue weighted by Crippen LogP contribution is -2.53. The highest BCUT2D eigenvalue weighted by Gasteiger charge is 2.66. The lowest BCUT2D eigenvalue weighted by atomic mass is 9.72. The normalized spacial score (nSPS) is 23.9. The van der Waals surface area contributed by atoms with Crippen molar-refractivity contribution < 1.29 is 35.9 Å². The third-order valence-corrected chi connectivity index (χ3v) is 5.35. The molecule has 1 aliphatic carbocycles. The molecule has 0 saturated carbocycles. The zero-order valence-corrected chi connectivity index (χ0v) is 17.0. The average Bonchev–Trinajstić information content (AvgIpc) is 2.58. The van der Waals surface area contributed by atoms with Gasteiger partial charge in [0.25, 0.3) is 0 Å². The number of alkyl halides is 5. The van der Waals surface area contributed by atoms with Crippen molar-refractivity contribution in [2.45, 2.75) is 44.3 Å². The minimum Gasteiger partial charge on any atom is -0.547 e. The van der Waals surface area contributed by atoms with Crippen LogP contribution >= 0.6 is 0 Å². The van der Waals surface area contributed by atoms with Crippen LogP contribution in [0.15, 0.2) is 42.2 Å². The molecule has 0 bridgehead atoms. The number of hydrogen-bond acceptors (Lipinski definition) is 3. The Kier molecular flexibility index (Phi) is 6.39. The van der Waals surface area contributed by atoms with Crippen molar-refractivity contribution in [3.8, 4) is 0 Å². The molecule has 28 heavy (non-hydrogen) atoms. The Morgan fingerprint density at radius 2 is 1.64 bits per heavy atom. The molecule has 0 radical (unpaired) electrons. The first-order valence-corrected chi connectivity index (χ1v) is 12.1. The molecule has 1 aromatic rings. The smallest absolute Gasteiger partial charge is 0.453 e. The van der Waals surface area contributed by atoms with Crippen LogP contribution in [0.1, 0.15) is 16.8 Å². The predicted octanol–water partition coefficient (Wildman–Crippen LogP) is 5.45. The third-order valence-electron chi connectivity index (χ3n) is 4.47. The number of halogens is 5. The summed E-state index contributed by atoms with van der Waals surface area (Å²) in [4.78, 5) is 12.9. The van der Waals surface area contributed by atoms with Crippen LogP contribution in [0.25, 0.3) is 0 Å². The first-order valence-electron chi connectivity index (χ1n) is 8.74. The van der Waals surface area contributed by atoms with Gasteiger partial charge >= 0.3 is 12.1 Å². The van der Waals surface area contributed by atoms with Gasteiger partial charge in [-0.2, -0.15) is 22.0 Å². The van der Waals surface area contributed by atoms with Gasteiger partial charge in [0.2, 0.25) is 8.32 Å². The van der Waals surface area contributed by atoms with Crippen LogP contribution in [0.3, 0.4) is 0 Å². The van der Waals surface area contributed by atoms with Crippen LogP contribution in [0, 0.1) is 11.8 Å². The number of carbonyl (C=O) groups is 1. The summed E-state index contributed by atoms with van der Waals surface area (Å²) in [6.07, 6.45) is -6.40. The van der Waals surface area contributed by atoms with Gasteiger partial charge in [-0.3, -0.25) is 4.79 Å². The standard InChI is InChI=1S/C19H23F5O3Si/c1-26-15-11-13(27-28(2,3)4)10-14(18(20,21)19(22,23)24)16(15)17(25)12-8-6-5-7-9-12/h5-9,11,14-16H,10H2,1-4H3/t14-,15?,16+/m0/s1. The van der Waals surface area contributed by atoms with Gasteiger partial charge in [0.1, 0.15) is 0 Å². The van der Waals surface area contributed by atoms with Crippen LogP contribution < -0.4 is 0 Å². The van der Waals surface area contributed by atoms with Crippen LogP contribution in [0.4, 0.5) is 22.0 Å². The van der Waals surface area contributed by atoms with Crippen molar-refractivity contribution in [1.82, 2.24) is 0 Å². The molecule has 3 nitrogen and oxygen atoms in total. The minimum atomic E-state index is -5.80. The van der Waals surface area contributed by atoms with Crippen LogP contribution in [0.5, 0.6) is 0 Å². The number of ether oxygens (including phenoxy) is 1. The summed E-state index contributed by atoms with van der Waals surface area (Å²) in [7, 11) is -1.10. The van der Waals surface area contributed by atoms with Gasteiger partial charge in [-0.25, -0.2) is 0 Å². The molecular formula is C19H23F5O3Si. The maximum absolute atomic E-state index is 14.5. The highest BCUT2D eigenvalue weighted by atomic mass is 28.4. The number of carbonyl (C=O) groups excluding carboxylic acids is 1. The molecule has 0 fully saturated rings. The molecule has 3 atom stereocenters. The summed E-state index contributed by atoms with van der Waals surface area (Å²) in [5, 5.41) is 0. The van der Waals surface area contributed by atoms with E-state index < -0.39 is 50.6 Å². The second-order valence-electron chi connectivity index (χ2n) is 7.74. The Labute approximate surface area is 161 Å². The van der Waals surface area contributed by atoms with Gasteiger partial charge < -0.3 is 9.16 Å². The average molecular weight is 422 g/mol. The van der Waals surface area contributed by atoms with Crippen molar-refractivity contribution in [2.24, 2.45) is 11.8 Å². The van der Waals surface area contributed by atoms with E-state index in [9.17, 15) is 26.7 Å². The zero-order chi connectivity index (χ0) is 21.3. The van der Waals surface area contributed by atoms with Gasteiger partial charge in [0.05, 0.1) is 23.7 Å². The van der Waals surface area contributed by atoms with E-state index in [1.807, 2.05) is 0 Å². The number of methoxy groups -OCH3 is 1. The van der Waals surface area contributed by atoms with E-state index in [4.69, 9.17) is 9.16 Å². The highest BCUT2D eigenvalue weighted by Crippen LogP contribution is 2.50. The largest absolute Gasteiger partial charge is 0.547 e. The molecule has 0 aliphatic heterocycles. The molecule has 1 unspecified atom stereocenters. The van der Waals surface area contributed by atoms with E-state index in [1.165, 1.54) is 37.5 Å². The van der Waals surface area contributed by atoms with Gasteiger partial charge in [-0.15, -0.1) is 0 Å². The quantitative estimate of drug-likeness (QED) is 0.347. The fraction of sp³-hybridized carbons (Fsp3) is 0.526. The Morgan fingerprint density at radius 3 is 2.11 bits per heavy atom. The van der Waals surface area contributed by atoms with E-state index in [-0.39, 0.29) is 11.3 Å². The Morgan fingerprint density at radius 1 is 1.07 bits per heavy atom. The second kappa shape index (κ2) is 7.94. The van der Waals surface area contributed by atoms with E-state index in [0.717, 1.165) is 0 Å². The molecule has 1 aromatic carbocycles. The fourth-order valence-corrected chi connectivity index (χ4v) is 4.24. The summed E-state index contributed by atoms with van der Waals surface area (Å²) < 4.78 is 79.4. The minimum absolute atomic E-state index is 0.0112. The Balaban J connectivity index is 2.55. The number of hydrogen-bond donors (Lipinski definition) is 0. The van der Waals surface area contributed by atoms with Crippen molar-refractivity contribution in [3.05, 3.63) is 47.7 Å². The molecule has 0 aromatic heterocycles. The molecule has 0 heterocycles. The lowest BCUT2D eigenvalue weighted by molar-refractivity contribution is -0.309. The Hall–Kier alpha value is -1.74. The number of ketones is 1. The number of Topliss-reactive ketones (excluding diaryl/α,β-unsaturated/α-hetero) is 1. The number of benzene rings is 1. The summed E-state index contributed by atoms with van der Waals surface area (Å²) >= 11 is 0. The topological polar surface area (TPSA) is 35.5 Å². The maximum atomic E-state index is 14.5. The predicted molar refractivity (Wildman–Crippen MR) is 96.7 cm³/mol. The van der Waals surface area contributed by atoms with E-state index >= 15 is 0 Å². The van der Waals surface area contributed by atoms with Gasteiger partial charge in [0.15, 0.2) is 5.78 Å². The molecule has 0 spiro atoms. The number of allylic oxidation sites excluding steroid dienone is 1. The van der Waals surface area contributed by atoms with Crippen molar-refractivity contribution >= 4 is 14.1 Å². The Bertz CT molecular complexity index is 725. The first-order chi connectivity index (χ1) is 12.8. The fourth-order valence-electron chi connectivity index (χ4n) is 3.30. The molecule has 9 heteroatoms. The molecular weight excluding hydrogens is 399 g/mol. The summed E-state index contributed by atoms with van der Waals surface area (Å²) in [6.45, 7) is 5.36. The lowest BCUT2D eigenvalue weighted by Gasteiger charge is -2.40. The first kappa shape index (κ1) is 22.5. The summed E-state index contributed by atoms with van der Waals surface area (Å²) in [5.41, 5.74) is 0.0560. The third kappa shape index (κ3) is 4.80. The molecule has 2 rings (SSSR count). The molecule has 0 N–H and O–H groups in total. The SMILES string of the molecule is COC1C=C(O[Si](C)(C)C)C[C@H](C(F)(F)C(F)(F)F)[C@H]1C(=O)c1ccccc1. The highest BCUT2D eigenvalue weighted by molar-refractivity contribution is 6.70. The van der Waals surface area contributed by atoms with E-state index in [0.29, 0.717) is 0 Å². The van der Waals surface area contributed by atoms with Gasteiger partial charge in [-0.1, -0.05) is 30.3 Å². The molecule has 1 aliphatic rings. The second-order valence-corrected chi connectivity index (χ2v) is 12.2. The summed E-state index contributed by atoms with van der Waals surface area (Å²) in [6, 6.07) is 7.42. The van der Waals surface area contributed by atoms with Gasteiger partial charge in [-0.05, 0) is 25.7 Å². The maximum Gasteiger partial charge on any atom is 0.453 e. The molecule has 156 valence electrons. The monoisotopic (exact) mass is 422 g/mol. The number of rotatable bonds is 6. The molecule has 0 amide bonds. The van der Waals surface area contributed by atoms with Crippen LogP contribution in [0.2, 0.25) is 19.6 Å². The van der Waals surface area contributed by atoms with Crippen molar-refractivity contribution in [2.75, 3.05) is 7.11 Å².